The highest BCUT2D eigenvalue weighted by Gasteiger charge is 2.17. The van der Waals surface area contributed by atoms with Crippen LogP contribution in [-0.2, 0) is 4.74 Å². The second-order valence-electron chi connectivity index (χ2n) is 4.10. The fourth-order valence-corrected chi connectivity index (χ4v) is 1.99. The molecule has 0 aromatic heterocycles. The average molecular weight is 234 g/mol. The minimum absolute atomic E-state index is 0.262. The number of ether oxygens (including phenoxy) is 1. The van der Waals surface area contributed by atoms with Gasteiger partial charge < -0.3 is 15.4 Å². The molecule has 0 spiro atoms. The van der Waals surface area contributed by atoms with E-state index in [1.807, 2.05) is 25.1 Å². The Bertz CT molecular complexity index is 387. The van der Waals surface area contributed by atoms with E-state index in [4.69, 9.17) is 4.74 Å². The van der Waals surface area contributed by atoms with Crippen LogP contribution >= 0.6 is 0 Å². The van der Waals surface area contributed by atoms with Crippen LogP contribution in [0.5, 0.6) is 0 Å². The monoisotopic (exact) mass is 234 g/mol. The number of carbonyl (C=O) groups is 1. The third-order valence-corrected chi connectivity index (χ3v) is 2.84. The lowest BCUT2D eigenvalue weighted by atomic mass is 10.1. The summed E-state index contributed by atoms with van der Waals surface area (Å²) in [6, 6.07) is 7.89. The van der Waals surface area contributed by atoms with Crippen molar-refractivity contribution in [1.82, 2.24) is 5.32 Å². The van der Waals surface area contributed by atoms with Crippen molar-refractivity contribution in [1.29, 1.82) is 0 Å². The molecule has 0 radical (unpaired) electrons. The van der Waals surface area contributed by atoms with Crippen molar-refractivity contribution in [2.75, 3.05) is 25.0 Å². The zero-order valence-corrected chi connectivity index (χ0v) is 10.0. The predicted octanol–water partition coefficient (Wildman–Crippen LogP) is 1.64. The van der Waals surface area contributed by atoms with Gasteiger partial charge in [0.2, 0.25) is 0 Å². The van der Waals surface area contributed by atoms with Crippen LogP contribution in [0.4, 0.5) is 5.69 Å². The summed E-state index contributed by atoms with van der Waals surface area (Å²) in [5.74, 6) is -0.262. The predicted molar refractivity (Wildman–Crippen MR) is 67.3 cm³/mol. The van der Waals surface area contributed by atoms with E-state index >= 15 is 0 Å². The second kappa shape index (κ2) is 5.68. The molecule has 1 aromatic rings. The van der Waals surface area contributed by atoms with E-state index in [-0.39, 0.29) is 5.97 Å². The Morgan fingerprint density at radius 1 is 1.53 bits per heavy atom. The van der Waals surface area contributed by atoms with E-state index in [0.29, 0.717) is 18.2 Å². The summed E-state index contributed by atoms with van der Waals surface area (Å²) < 4.78 is 5.04. The smallest absolute Gasteiger partial charge is 0.340 e. The average Bonchev–Trinajstić information content (AvgIpc) is 2.83. The van der Waals surface area contributed by atoms with Crippen LogP contribution < -0.4 is 10.6 Å². The Hall–Kier alpha value is -1.55. The zero-order chi connectivity index (χ0) is 12.1. The van der Waals surface area contributed by atoms with Crippen LogP contribution in [0.1, 0.15) is 23.7 Å². The highest BCUT2D eigenvalue weighted by molar-refractivity contribution is 5.95. The molecule has 1 atom stereocenters. The van der Waals surface area contributed by atoms with E-state index in [1.54, 1.807) is 6.07 Å². The van der Waals surface area contributed by atoms with Crippen LogP contribution in [0, 0.1) is 0 Å². The van der Waals surface area contributed by atoms with Gasteiger partial charge in [0.15, 0.2) is 0 Å². The van der Waals surface area contributed by atoms with E-state index in [2.05, 4.69) is 10.6 Å². The van der Waals surface area contributed by atoms with Crippen molar-refractivity contribution in [3.63, 3.8) is 0 Å². The lowest BCUT2D eigenvalue weighted by Gasteiger charge is -2.15. The number of para-hydroxylation sites is 1. The molecule has 4 heteroatoms. The van der Waals surface area contributed by atoms with Gasteiger partial charge in [-0.1, -0.05) is 12.1 Å². The molecule has 0 aliphatic carbocycles. The minimum Gasteiger partial charge on any atom is -0.462 e. The molecule has 1 aromatic carbocycles. The molecule has 4 nitrogen and oxygen atoms in total. The SMILES string of the molecule is CCOC(=O)c1ccccc1NC1CCNC1. The number of hydrogen-bond donors (Lipinski definition) is 2. The summed E-state index contributed by atoms with van der Waals surface area (Å²) in [5, 5.41) is 6.67. The third-order valence-electron chi connectivity index (χ3n) is 2.84. The van der Waals surface area contributed by atoms with Crippen molar-refractivity contribution in [2.24, 2.45) is 0 Å². The van der Waals surface area contributed by atoms with Gasteiger partial charge in [-0.15, -0.1) is 0 Å². The van der Waals surface area contributed by atoms with Gasteiger partial charge in [-0.3, -0.25) is 0 Å². The molecule has 0 saturated carbocycles. The number of nitrogens with one attached hydrogen (secondary N) is 2. The van der Waals surface area contributed by atoms with Gasteiger partial charge in [-0.05, 0) is 32.0 Å². The van der Waals surface area contributed by atoms with Crippen molar-refractivity contribution in [3.8, 4) is 0 Å². The lowest BCUT2D eigenvalue weighted by Crippen LogP contribution is -2.23. The van der Waals surface area contributed by atoms with Gasteiger partial charge >= 0.3 is 5.97 Å². The molecule has 1 aliphatic rings. The maximum absolute atomic E-state index is 11.8. The number of rotatable bonds is 4. The van der Waals surface area contributed by atoms with Crippen LogP contribution in [0.25, 0.3) is 0 Å². The van der Waals surface area contributed by atoms with Crippen LogP contribution in [0.15, 0.2) is 24.3 Å². The van der Waals surface area contributed by atoms with E-state index in [0.717, 1.165) is 25.2 Å². The molecular formula is C13H18N2O2. The van der Waals surface area contributed by atoms with Crippen LogP contribution in [0.3, 0.4) is 0 Å². The molecule has 2 rings (SSSR count). The number of benzene rings is 1. The molecule has 17 heavy (non-hydrogen) atoms. The highest BCUT2D eigenvalue weighted by Crippen LogP contribution is 2.18. The number of esters is 1. The molecule has 1 fully saturated rings. The maximum Gasteiger partial charge on any atom is 0.340 e. The fourth-order valence-electron chi connectivity index (χ4n) is 1.99. The summed E-state index contributed by atoms with van der Waals surface area (Å²) >= 11 is 0. The maximum atomic E-state index is 11.8. The summed E-state index contributed by atoms with van der Waals surface area (Å²) in [5.41, 5.74) is 1.47. The van der Waals surface area contributed by atoms with Crippen molar-refractivity contribution in [3.05, 3.63) is 29.8 Å². The highest BCUT2D eigenvalue weighted by atomic mass is 16.5. The van der Waals surface area contributed by atoms with Gasteiger partial charge in [-0.25, -0.2) is 4.79 Å². The molecule has 0 amide bonds. The molecular weight excluding hydrogens is 216 g/mol. The lowest BCUT2D eigenvalue weighted by molar-refractivity contribution is 0.0527. The number of hydrogen-bond acceptors (Lipinski definition) is 4. The molecule has 2 N–H and O–H groups in total. The van der Waals surface area contributed by atoms with E-state index in [1.165, 1.54) is 0 Å². The quantitative estimate of drug-likeness (QED) is 0.778. The van der Waals surface area contributed by atoms with Crippen molar-refractivity contribution < 1.29 is 9.53 Å². The molecule has 1 heterocycles. The first-order chi connectivity index (χ1) is 8.31. The van der Waals surface area contributed by atoms with Gasteiger partial charge in [-0.2, -0.15) is 0 Å². The standard InChI is InChI=1S/C13H18N2O2/c1-2-17-13(16)11-5-3-4-6-12(11)15-10-7-8-14-9-10/h3-6,10,14-15H,2,7-9H2,1H3. The normalized spacial score (nSPS) is 19.0. The Morgan fingerprint density at radius 2 is 2.35 bits per heavy atom. The molecule has 1 saturated heterocycles. The Kier molecular flexibility index (Phi) is 3.98. The summed E-state index contributed by atoms with van der Waals surface area (Å²) in [4.78, 5) is 11.8. The summed E-state index contributed by atoms with van der Waals surface area (Å²) in [6.07, 6.45) is 1.08. The van der Waals surface area contributed by atoms with Gasteiger partial charge in [0.25, 0.3) is 0 Å². The van der Waals surface area contributed by atoms with E-state index in [9.17, 15) is 4.79 Å². The molecule has 92 valence electrons. The first-order valence-corrected chi connectivity index (χ1v) is 6.04. The first kappa shape index (κ1) is 11.9. The number of anilines is 1. The molecule has 1 unspecified atom stereocenters. The largest absolute Gasteiger partial charge is 0.462 e. The topological polar surface area (TPSA) is 50.4 Å². The van der Waals surface area contributed by atoms with Gasteiger partial charge in [0.05, 0.1) is 12.2 Å². The number of carbonyl (C=O) groups excluding carboxylic acids is 1. The van der Waals surface area contributed by atoms with Gasteiger partial charge in [0.1, 0.15) is 0 Å². The Morgan fingerprint density at radius 3 is 3.06 bits per heavy atom. The first-order valence-electron chi connectivity index (χ1n) is 6.04. The van der Waals surface area contributed by atoms with Gasteiger partial charge in [0, 0.05) is 18.3 Å². The van der Waals surface area contributed by atoms with Crippen molar-refractivity contribution in [2.45, 2.75) is 19.4 Å². The Labute approximate surface area is 101 Å². The van der Waals surface area contributed by atoms with Crippen LogP contribution in [-0.4, -0.2) is 31.7 Å². The third kappa shape index (κ3) is 2.97. The second-order valence-corrected chi connectivity index (χ2v) is 4.10. The van der Waals surface area contributed by atoms with E-state index < -0.39 is 0 Å². The van der Waals surface area contributed by atoms with Crippen LogP contribution in [0.2, 0.25) is 0 Å². The molecule has 1 aliphatic heterocycles. The zero-order valence-electron chi connectivity index (χ0n) is 10.0. The summed E-state index contributed by atoms with van der Waals surface area (Å²) in [6.45, 7) is 4.18. The Balaban J connectivity index is 2.12. The minimum atomic E-state index is -0.262. The fraction of sp³-hybridized carbons (Fsp3) is 0.462. The molecule has 0 bridgehead atoms. The van der Waals surface area contributed by atoms with Crippen molar-refractivity contribution >= 4 is 11.7 Å². The summed E-state index contributed by atoms with van der Waals surface area (Å²) in [7, 11) is 0.